The Morgan fingerprint density at radius 1 is 1.03 bits per heavy atom. The SMILES string of the molecule is O=C(Nc1c(-c2cccc(Oc3ccccc3)c2)nc2cnc(Br)cn12)c1ccco1. The van der Waals surface area contributed by atoms with Crippen LogP contribution in [-0.4, -0.2) is 20.3 Å². The highest BCUT2D eigenvalue weighted by Crippen LogP contribution is 2.33. The molecular weight excluding hydrogens is 460 g/mol. The number of ether oxygens (including phenoxy) is 1. The van der Waals surface area contributed by atoms with Crippen LogP contribution >= 0.6 is 15.9 Å². The van der Waals surface area contributed by atoms with Gasteiger partial charge in [0, 0.05) is 11.8 Å². The van der Waals surface area contributed by atoms with Gasteiger partial charge in [-0.25, -0.2) is 9.97 Å². The second-order valence-electron chi connectivity index (χ2n) is 6.62. The number of benzene rings is 2. The third kappa shape index (κ3) is 3.93. The Labute approximate surface area is 185 Å². The van der Waals surface area contributed by atoms with E-state index in [2.05, 4.69) is 31.2 Å². The van der Waals surface area contributed by atoms with Gasteiger partial charge in [-0.05, 0) is 52.3 Å². The Morgan fingerprint density at radius 3 is 2.68 bits per heavy atom. The van der Waals surface area contributed by atoms with Gasteiger partial charge in [-0.3, -0.25) is 9.20 Å². The number of rotatable bonds is 5. The van der Waals surface area contributed by atoms with Crippen LogP contribution in [-0.2, 0) is 0 Å². The molecule has 0 saturated heterocycles. The van der Waals surface area contributed by atoms with E-state index in [9.17, 15) is 4.79 Å². The number of para-hydroxylation sites is 1. The lowest BCUT2D eigenvalue weighted by Crippen LogP contribution is -2.13. The van der Waals surface area contributed by atoms with E-state index in [-0.39, 0.29) is 11.7 Å². The van der Waals surface area contributed by atoms with Crippen LogP contribution in [0.25, 0.3) is 16.9 Å². The van der Waals surface area contributed by atoms with Crippen molar-refractivity contribution >= 4 is 33.3 Å². The second kappa shape index (κ2) is 8.08. The molecule has 1 N–H and O–H groups in total. The van der Waals surface area contributed by atoms with Crippen molar-refractivity contribution in [3.63, 3.8) is 0 Å². The lowest BCUT2D eigenvalue weighted by atomic mass is 10.1. The van der Waals surface area contributed by atoms with Crippen molar-refractivity contribution in [2.45, 2.75) is 0 Å². The monoisotopic (exact) mass is 474 g/mol. The van der Waals surface area contributed by atoms with Crippen molar-refractivity contribution in [3.8, 4) is 22.8 Å². The van der Waals surface area contributed by atoms with Gasteiger partial charge in [0.25, 0.3) is 5.91 Å². The number of carbonyl (C=O) groups is 1. The summed E-state index contributed by atoms with van der Waals surface area (Å²) in [5.41, 5.74) is 1.95. The number of nitrogens with one attached hydrogen (secondary N) is 1. The van der Waals surface area contributed by atoms with E-state index in [1.165, 1.54) is 6.26 Å². The lowest BCUT2D eigenvalue weighted by molar-refractivity contribution is 0.0996. The average Bonchev–Trinajstić information content (AvgIpc) is 3.44. The quantitative estimate of drug-likeness (QED) is 0.348. The molecule has 0 bridgehead atoms. The molecule has 8 heteroatoms. The standard InChI is InChI=1S/C23H15BrN4O3/c24-19-14-28-20(13-25-19)26-21(22(28)27-23(29)18-10-5-11-30-18)15-6-4-9-17(12-15)31-16-7-2-1-3-8-16/h1-14H,(H,27,29). The molecule has 1 amide bonds. The van der Waals surface area contributed by atoms with Crippen molar-refractivity contribution in [2.75, 3.05) is 5.32 Å². The Balaban J connectivity index is 1.58. The van der Waals surface area contributed by atoms with Crippen LogP contribution in [0.5, 0.6) is 11.5 Å². The molecule has 0 aliphatic rings. The summed E-state index contributed by atoms with van der Waals surface area (Å²) in [7, 11) is 0. The van der Waals surface area contributed by atoms with Crippen molar-refractivity contribution in [3.05, 3.63) is 95.8 Å². The molecule has 7 nitrogen and oxygen atoms in total. The molecule has 3 heterocycles. The lowest BCUT2D eigenvalue weighted by Gasteiger charge is -2.09. The van der Waals surface area contributed by atoms with Crippen LogP contribution in [0, 0.1) is 0 Å². The fraction of sp³-hybridized carbons (Fsp3) is 0. The van der Waals surface area contributed by atoms with Crippen LogP contribution < -0.4 is 10.1 Å². The zero-order valence-corrected chi connectivity index (χ0v) is 17.6. The van der Waals surface area contributed by atoms with Crippen LogP contribution in [0.1, 0.15) is 10.6 Å². The van der Waals surface area contributed by atoms with Crippen molar-refractivity contribution < 1.29 is 13.9 Å². The summed E-state index contributed by atoms with van der Waals surface area (Å²) in [6, 6.07) is 20.3. The minimum atomic E-state index is -0.377. The van der Waals surface area contributed by atoms with Crippen molar-refractivity contribution in [2.24, 2.45) is 0 Å². The summed E-state index contributed by atoms with van der Waals surface area (Å²) >= 11 is 3.37. The van der Waals surface area contributed by atoms with Gasteiger partial charge in [0.2, 0.25) is 0 Å². The van der Waals surface area contributed by atoms with Gasteiger partial charge in [-0.15, -0.1) is 0 Å². The topological polar surface area (TPSA) is 81.7 Å². The van der Waals surface area contributed by atoms with Crippen LogP contribution in [0.2, 0.25) is 0 Å². The molecule has 5 aromatic rings. The first-order valence-electron chi connectivity index (χ1n) is 9.39. The molecule has 3 aromatic heterocycles. The number of fused-ring (bicyclic) bond motifs is 1. The van der Waals surface area contributed by atoms with Gasteiger partial charge in [0.05, 0.1) is 12.5 Å². The van der Waals surface area contributed by atoms with E-state index in [0.717, 1.165) is 11.3 Å². The highest BCUT2D eigenvalue weighted by Gasteiger charge is 2.19. The summed E-state index contributed by atoms with van der Waals surface area (Å²) in [5.74, 6) is 1.71. The van der Waals surface area contributed by atoms with Crippen molar-refractivity contribution in [1.82, 2.24) is 14.4 Å². The summed E-state index contributed by atoms with van der Waals surface area (Å²) in [6.45, 7) is 0. The maximum absolute atomic E-state index is 12.7. The molecule has 0 radical (unpaired) electrons. The number of nitrogens with zero attached hydrogens (tertiary/aromatic N) is 3. The first-order valence-corrected chi connectivity index (χ1v) is 10.2. The number of aromatic nitrogens is 3. The third-order valence-corrected chi connectivity index (χ3v) is 4.95. The van der Waals surface area contributed by atoms with E-state index < -0.39 is 0 Å². The second-order valence-corrected chi connectivity index (χ2v) is 7.43. The average molecular weight is 475 g/mol. The molecule has 0 unspecified atom stereocenters. The van der Waals surface area contributed by atoms with Crippen LogP contribution in [0.4, 0.5) is 5.82 Å². The molecule has 2 aromatic carbocycles. The van der Waals surface area contributed by atoms with E-state index in [1.54, 1.807) is 28.9 Å². The molecule has 0 saturated carbocycles. The number of halogens is 1. The Kier molecular flexibility index (Phi) is 4.97. The van der Waals surface area contributed by atoms with Crippen LogP contribution in [0.15, 0.2) is 94.4 Å². The number of amides is 1. The Bertz CT molecular complexity index is 1360. The fourth-order valence-corrected chi connectivity index (χ4v) is 3.47. The fourth-order valence-electron chi connectivity index (χ4n) is 3.16. The van der Waals surface area contributed by atoms with Gasteiger partial charge in [-0.2, -0.15) is 0 Å². The maximum atomic E-state index is 12.7. The van der Waals surface area contributed by atoms with Gasteiger partial charge < -0.3 is 14.5 Å². The van der Waals surface area contributed by atoms with Gasteiger partial charge in [-0.1, -0.05) is 30.3 Å². The highest BCUT2D eigenvalue weighted by atomic mass is 79.9. The van der Waals surface area contributed by atoms with E-state index in [1.807, 2.05) is 54.6 Å². The number of anilines is 1. The third-order valence-electron chi connectivity index (χ3n) is 4.54. The predicted octanol–water partition coefficient (Wildman–Crippen LogP) is 5.80. The van der Waals surface area contributed by atoms with E-state index >= 15 is 0 Å². The number of hydrogen-bond donors (Lipinski definition) is 1. The molecule has 0 atom stereocenters. The van der Waals surface area contributed by atoms with Crippen LogP contribution in [0.3, 0.4) is 0 Å². The number of furan rings is 1. The number of imidazole rings is 1. The summed E-state index contributed by atoms with van der Waals surface area (Å²) in [6.07, 6.45) is 4.82. The van der Waals surface area contributed by atoms with Gasteiger partial charge in [0.1, 0.15) is 27.6 Å². The zero-order valence-electron chi connectivity index (χ0n) is 16.0. The van der Waals surface area contributed by atoms with Crippen molar-refractivity contribution in [1.29, 1.82) is 0 Å². The largest absolute Gasteiger partial charge is 0.459 e. The summed E-state index contributed by atoms with van der Waals surface area (Å²) in [4.78, 5) is 21.6. The number of carbonyl (C=O) groups excluding carboxylic acids is 1. The maximum Gasteiger partial charge on any atom is 0.292 e. The predicted molar refractivity (Wildman–Crippen MR) is 119 cm³/mol. The van der Waals surface area contributed by atoms with E-state index in [0.29, 0.717) is 27.5 Å². The molecule has 31 heavy (non-hydrogen) atoms. The van der Waals surface area contributed by atoms with E-state index in [4.69, 9.17) is 9.15 Å². The first kappa shape index (κ1) is 19.1. The molecular formula is C23H15BrN4O3. The molecule has 5 rings (SSSR count). The summed E-state index contributed by atoms with van der Waals surface area (Å²) in [5, 5.41) is 2.91. The summed E-state index contributed by atoms with van der Waals surface area (Å²) < 4.78 is 13.6. The van der Waals surface area contributed by atoms with Gasteiger partial charge >= 0.3 is 0 Å². The normalized spacial score (nSPS) is 10.9. The van der Waals surface area contributed by atoms with Gasteiger partial charge in [0.15, 0.2) is 11.4 Å². The molecule has 0 fully saturated rings. The molecule has 0 aliphatic carbocycles. The zero-order chi connectivity index (χ0) is 21.2. The number of hydrogen-bond acceptors (Lipinski definition) is 5. The minimum absolute atomic E-state index is 0.204. The Hall–Kier alpha value is -3.91. The smallest absolute Gasteiger partial charge is 0.292 e. The Morgan fingerprint density at radius 2 is 1.87 bits per heavy atom. The molecule has 0 spiro atoms. The first-order chi connectivity index (χ1) is 15.2. The molecule has 152 valence electrons. The highest BCUT2D eigenvalue weighted by molar-refractivity contribution is 9.10. The molecule has 0 aliphatic heterocycles. The minimum Gasteiger partial charge on any atom is -0.459 e.